The predicted molar refractivity (Wildman–Crippen MR) is 79.1 cm³/mol. The molecule has 2 heterocycles. The molecule has 0 saturated carbocycles. The number of thiophene rings is 2. The summed E-state index contributed by atoms with van der Waals surface area (Å²) in [4.78, 5) is 11.7. The minimum absolute atomic E-state index is 0.135. The minimum atomic E-state index is -3.83. The summed E-state index contributed by atoms with van der Waals surface area (Å²) in [7, 11) is -3.83. The van der Waals surface area contributed by atoms with Crippen molar-refractivity contribution in [2.75, 3.05) is 0 Å². The molecule has 0 unspecified atom stereocenters. The van der Waals surface area contributed by atoms with Gasteiger partial charge in [-0.05, 0) is 41.8 Å². The van der Waals surface area contributed by atoms with Crippen LogP contribution >= 0.6 is 22.7 Å². The molecule has 0 aliphatic heterocycles. The molecule has 0 atom stereocenters. The second-order valence-electron chi connectivity index (χ2n) is 4.23. The van der Waals surface area contributed by atoms with Crippen molar-refractivity contribution in [1.82, 2.24) is 4.72 Å². The first kappa shape index (κ1) is 15.2. The van der Waals surface area contributed by atoms with Gasteiger partial charge < -0.3 is 5.11 Å². The van der Waals surface area contributed by atoms with Gasteiger partial charge in [-0.2, -0.15) is 0 Å². The van der Waals surface area contributed by atoms with E-state index in [2.05, 4.69) is 4.72 Å². The summed E-state index contributed by atoms with van der Waals surface area (Å²) < 4.78 is 27.0. The smallest absolute Gasteiger partial charge is 0.347 e. The molecule has 0 aliphatic carbocycles. The molecule has 0 aromatic carbocycles. The maximum atomic E-state index is 12.3. The predicted octanol–water partition coefficient (Wildman–Crippen LogP) is 2.60. The van der Waals surface area contributed by atoms with Crippen molar-refractivity contribution in [3.8, 4) is 0 Å². The van der Waals surface area contributed by atoms with Gasteiger partial charge in [-0.25, -0.2) is 17.9 Å². The summed E-state index contributed by atoms with van der Waals surface area (Å²) in [5.74, 6) is -1.23. The lowest BCUT2D eigenvalue weighted by Crippen LogP contribution is -2.24. The van der Waals surface area contributed by atoms with Crippen LogP contribution in [0.3, 0.4) is 0 Å². The molecule has 0 amide bonds. The van der Waals surface area contributed by atoms with Crippen molar-refractivity contribution in [2.45, 2.75) is 25.3 Å². The fourth-order valence-electron chi connectivity index (χ4n) is 1.73. The second-order valence-corrected chi connectivity index (χ2v) is 7.82. The number of carboxylic acid groups (broad SMARTS) is 1. The van der Waals surface area contributed by atoms with Crippen LogP contribution in [0, 0.1) is 13.8 Å². The molecule has 2 rings (SSSR count). The van der Waals surface area contributed by atoms with Crippen LogP contribution in [-0.2, 0) is 16.6 Å². The monoisotopic (exact) mass is 331 g/mol. The number of nitrogens with one attached hydrogen (secondary N) is 1. The van der Waals surface area contributed by atoms with E-state index < -0.39 is 16.0 Å². The number of carboxylic acids is 1. The van der Waals surface area contributed by atoms with Crippen molar-refractivity contribution in [3.63, 3.8) is 0 Å². The molecule has 5 nitrogen and oxygen atoms in total. The van der Waals surface area contributed by atoms with Crippen LogP contribution in [0.1, 0.15) is 25.7 Å². The molecule has 0 fully saturated rings. The van der Waals surface area contributed by atoms with Crippen LogP contribution in [-0.4, -0.2) is 19.5 Å². The SMILES string of the molecule is Cc1ccsc1CNS(=O)(=O)c1c(C)csc1C(=O)O. The number of hydrogen-bond acceptors (Lipinski definition) is 5. The Bertz CT molecular complexity index is 743. The first-order valence-corrected chi connectivity index (χ1v) is 8.91. The van der Waals surface area contributed by atoms with Crippen molar-refractivity contribution in [1.29, 1.82) is 0 Å². The molecule has 2 aromatic heterocycles. The molecule has 2 N–H and O–H groups in total. The maximum Gasteiger partial charge on any atom is 0.347 e. The number of carbonyl (C=O) groups is 1. The van der Waals surface area contributed by atoms with Gasteiger partial charge in [0.05, 0.1) is 0 Å². The topological polar surface area (TPSA) is 83.5 Å². The van der Waals surface area contributed by atoms with Crippen molar-refractivity contribution >= 4 is 38.7 Å². The summed E-state index contributed by atoms with van der Waals surface area (Å²) in [6.07, 6.45) is 0. The third-order valence-electron chi connectivity index (χ3n) is 2.77. The largest absolute Gasteiger partial charge is 0.477 e. The normalized spacial score (nSPS) is 11.7. The van der Waals surface area contributed by atoms with Gasteiger partial charge in [-0.3, -0.25) is 0 Å². The highest BCUT2D eigenvalue weighted by molar-refractivity contribution is 7.89. The number of hydrogen-bond donors (Lipinski definition) is 2. The maximum absolute atomic E-state index is 12.3. The zero-order valence-electron chi connectivity index (χ0n) is 10.8. The van der Waals surface area contributed by atoms with Crippen LogP contribution < -0.4 is 4.72 Å². The molecule has 2 aromatic rings. The Kier molecular flexibility index (Phi) is 4.28. The van der Waals surface area contributed by atoms with Gasteiger partial charge in [0, 0.05) is 11.4 Å². The third kappa shape index (κ3) is 2.93. The van der Waals surface area contributed by atoms with Crippen LogP contribution in [0.25, 0.3) is 0 Å². The van der Waals surface area contributed by atoms with Crippen LogP contribution in [0.4, 0.5) is 0 Å². The summed E-state index contributed by atoms with van der Waals surface area (Å²) in [5.41, 5.74) is 1.46. The minimum Gasteiger partial charge on any atom is -0.477 e. The number of aromatic carboxylic acids is 1. The van der Waals surface area contributed by atoms with Crippen molar-refractivity contribution in [3.05, 3.63) is 37.7 Å². The molecular weight excluding hydrogens is 318 g/mol. The third-order valence-corrected chi connectivity index (χ3v) is 6.60. The Hall–Kier alpha value is -1.22. The molecule has 0 bridgehead atoms. The standard InChI is InChI=1S/C12H13NO4S3/c1-7-3-4-18-9(7)5-13-20(16,17)11-8(2)6-19-10(11)12(14)15/h3-4,6,13H,5H2,1-2H3,(H,14,15). The van der Waals surface area contributed by atoms with E-state index in [1.165, 1.54) is 16.7 Å². The van der Waals surface area contributed by atoms with Crippen LogP contribution in [0.2, 0.25) is 0 Å². The Morgan fingerprint density at radius 2 is 2.00 bits per heavy atom. The quantitative estimate of drug-likeness (QED) is 0.882. The van der Waals surface area contributed by atoms with E-state index in [-0.39, 0.29) is 16.3 Å². The molecule has 108 valence electrons. The molecule has 8 heteroatoms. The summed E-state index contributed by atoms with van der Waals surface area (Å²) >= 11 is 2.38. The van der Waals surface area contributed by atoms with E-state index in [9.17, 15) is 13.2 Å². The number of rotatable bonds is 5. The van der Waals surface area contributed by atoms with Gasteiger partial charge in [0.2, 0.25) is 10.0 Å². The summed E-state index contributed by atoms with van der Waals surface area (Å²) in [6, 6.07) is 1.91. The van der Waals surface area contributed by atoms with Crippen LogP contribution in [0.5, 0.6) is 0 Å². The molecule has 20 heavy (non-hydrogen) atoms. The fourth-order valence-corrected chi connectivity index (χ4v) is 5.29. The van der Waals surface area contributed by atoms with Gasteiger partial charge in [-0.1, -0.05) is 0 Å². The lowest BCUT2D eigenvalue weighted by molar-refractivity contribution is 0.0698. The average Bonchev–Trinajstić information content (AvgIpc) is 2.93. The zero-order chi connectivity index (χ0) is 14.9. The van der Waals surface area contributed by atoms with Gasteiger partial charge in [-0.15, -0.1) is 22.7 Å². The van der Waals surface area contributed by atoms with Crippen molar-refractivity contribution < 1.29 is 18.3 Å². The molecule has 0 saturated heterocycles. The number of sulfonamides is 1. The molecule has 0 radical (unpaired) electrons. The molecule has 0 aliphatic rings. The first-order chi connectivity index (χ1) is 9.33. The van der Waals surface area contributed by atoms with Crippen molar-refractivity contribution in [2.24, 2.45) is 0 Å². The van der Waals surface area contributed by atoms with Gasteiger partial charge in [0.15, 0.2) is 0 Å². The van der Waals surface area contributed by atoms with Gasteiger partial charge in [0.1, 0.15) is 9.77 Å². The summed E-state index contributed by atoms with van der Waals surface area (Å²) in [6.45, 7) is 3.66. The lowest BCUT2D eigenvalue weighted by atomic mass is 10.3. The van der Waals surface area contributed by atoms with E-state index in [0.29, 0.717) is 5.56 Å². The first-order valence-electron chi connectivity index (χ1n) is 5.67. The zero-order valence-corrected chi connectivity index (χ0v) is 13.3. The highest BCUT2D eigenvalue weighted by Crippen LogP contribution is 2.27. The molecular formula is C12H13NO4S3. The van der Waals surface area contributed by atoms with E-state index in [1.807, 2.05) is 18.4 Å². The van der Waals surface area contributed by atoms with E-state index >= 15 is 0 Å². The second kappa shape index (κ2) is 5.65. The average molecular weight is 331 g/mol. The van der Waals surface area contributed by atoms with Gasteiger partial charge in [0.25, 0.3) is 0 Å². The molecule has 0 spiro atoms. The highest BCUT2D eigenvalue weighted by atomic mass is 32.2. The van der Waals surface area contributed by atoms with Crippen LogP contribution in [0.15, 0.2) is 21.7 Å². The number of aryl methyl sites for hydroxylation is 2. The van der Waals surface area contributed by atoms with Gasteiger partial charge >= 0.3 is 5.97 Å². The Labute approximate surface area is 124 Å². The fraction of sp³-hybridized carbons (Fsp3) is 0.250. The Morgan fingerprint density at radius 3 is 2.55 bits per heavy atom. The highest BCUT2D eigenvalue weighted by Gasteiger charge is 2.26. The Balaban J connectivity index is 2.29. The van der Waals surface area contributed by atoms with E-state index in [1.54, 1.807) is 6.92 Å². The van der Waals surface area contributed by atoms with E-state index in [4.69, 9.17) is 5.11 Å². The summed E-state index contributed by atoms with van der Waals surface area (Å²) in [5, 5.41) is 12.5. The van der Waals surface area contributed by atoms with E-state index in [0.717, 1.165) is 21.8 Å². The Morgan fingerprint density at radius 1 is 1.30 bits per heavy atom. The lowest BCUT2D eigenvalue weighted by Gasteiger charge is -2.07.